The van der Waals surface area contributed by atoms with Gasteiger partial charge in [0.1, 0.15) is 17.2 Å². The highest BCUT2D eigenvalue weighted by atomic mass is 16.6. The number of aromatic nitrogens is 2. The smallest absolute Gasteiger partial charge is 0.353 e. The van der Waals surface area contributed by atoms with Crippen molar-refractivity contribution >= 4 is 34.6 Å². The summed E-state index contributed by atoms with van der Waals surface area (Å²) in [5.41, 5.74) is 6.48. The van der Waals surface area contributed by atoms with Crippen molar-refractivity contribution in [3.63, 3.8) is 0 Å². The van der Waals surface area contributed by atoms with Crippen molar-refractivity contribution in [1.82, 2.24) is 9.97 Å². The van der Waals surface area contributed by atoms with Gasteiger partial charge in [-0.25, -0.2) is 0 Å². The van der Waals surface area contributed by atoms with Crippen LogP contribution >= 0.6 is 0 Å². The molecule has 4 N–H and O–H groups in total. The number of benzene rings is 2. The number of hydrogen-bond acceptors (Lipinski definition) is 10. The quantitative estimate of drug-likeness (QED) is 0.340. The average molecular weight is 426 g/mol. The summed E-state index contributed by atoms with van der Waals surface area (Å²) in [7, 11) is 2.99. The summed E-state index contributed by atoms with van der Waals surface area (Å²) in [6.45, 7) is 2.45. The van der Waals surface area contributed by atoms with E-state index in [9.17, 15) is 10.1 Å². The van der Waals surface area contributed by atoms with Gasteiger partial charge in [-0.3, -0.25) is 10.1 Å². The van der Waals surface area contributed by atoms with Gasteiger partial charge in [-0.2, -0.15) is 9.97 Å². The summed E-state index contributed by atoms with van der Waals surface area (Å²) in [6, 6.07) is 12.1. The van der Waals surface area contributed by atoms with Crippen molar-refractivity contribution in [3.8, 4) is 17.2 Å². The maximum Gasteiger partial charge on any atom is 0.353 e. The molecular weight excluding hydrogens is 404 g/mol. The van der Waals surface area contributed by atoms with E-state index in [0.717, 1.165) is 0 Å². The summed E-state index contributed by atoms with van der Waals surface area (Å²) in [5.74, 6) is 1.37. The molecule has 3 aromatic rings. The molecule has 0 bridgehead atoms. The number of nitrogens with two attached hydrogens (primary N) is 1. The number of ether oxygens (including phenoxy) is 3. The van der Waals surface area contributed by atoms with Gasteiger partial charge in [-0.05, 0) is 43.3 Å². The highest BCUT2D eigenvalue weighted by Gasteiger charge is 2.24. The third-order valence-electron chi connectivity index (χ3n) is 4.17. The highest BCUT2D eigenvalue weighted by molar-refractivity contribution is 5.77. The van der Waals surface area contributed by atoms with Gasteiger partial charge in [0.15, 0.2) is 0 Å². The van der Waals surface area contributed by atoms with Gasteiger partial charge < -0.3 is 30.6 Å². The van der Waals surface area contributed by atoms with Crippen LogP contribution < -0.4 is 30.6 Å². The van der Waals surface area contributed by atoms with Crippen LogP contribution in [-0.4, -0.2) is 35.7 Å². The van der Waals surface area contributed by atoms with Crippen molar-refractivity contribution in [2.24, 2.45) is 0 Å². The number of nitrogens with one attached hydrogen (secondary N) is 2. The van der Waals surface area contributed by atoms with E-state index < -0.39 is 10.6 Å². The molecule has 0 aliphatic rings. The van der Waals surface area contributed by atoms with Gasteiger partial charge in [0.2, 0.25) is 17.6 Å². The first-order chi connectivity index (χ1) is 14.9. The minimum atomic E-state index is -0.648. The number of nitrogens with zero attached hydrogens (tertiary/aromatic N) is 3. The molecule has 31 heavy (non-hydrogen) atoms. The monoisotopic (exact) mass is 426 g/mol. The molecule has 0 amide bonds. The molecule has 1 aromatic heterocycles. The van der Waals surface area contributed by atoms with E-state index in [0.29, 0.717) is 35.2 Å². The van der Waals surface area contributed by atoms with Gasteiger partial charge in [0.05, 0.1) is 31.4 Å². The van der Waals surface area contributed by atoms with E-state index >= 15 is 0 Å². The highest BCUT2D eigenvalue weighted by Crippen LogP contribution is 2.36. The number of nitrogen functional groups attached to an aromatic ring is 1. The van der Waals surface area contributed by atoms with E-state index in [1.165, 1.54) is 14.2 Å². The van der Waals surface area contributed by atoms with Crippen LogP contribution in [0.15, 0.2) is 42.5 Å². The molecule has 0 aliphatic heterocycles. The molecule has 0 saturated heterocycles. The number of anilines is 5. The predicted molar refractivity (Wildman–Crippen MR) is 117 cm³/mol. The molecule has 2 aromatic carbocycles. The molecule has 0 unspecified atom stereocenters. The Balaban J connectivity index is 1.97. The van der Waals surface area contributed by atoms with Crippen LogP contribution in [0, 0.1) is 10.1 Å². The largest absolute Gasteiger partial charge is 0.497 e. The Morgan fingerprint density at radius 3 is 2.35 bits per heavy atom. The third kappa shape index (κ3) is 5.01. The van der Waals surface area contributed by atoms with E-state index in [2.05, 4.69) is 20.6 Å². The fourth-order valence-electron chi connectivity index (χ4n) is 2.76. The molecule has 11 nitrogen and oxygen atoms in total. The van der Waals surface area contributed by atoms with Crippen LogP contribution in [-0.2, 0) is 0 Å². The first-order valence-corrected chi connectivity index (χ1v) is 9.26. The molecule has 0 fully saturated rings. The number of rotatable bonds is 9. The van der Waals surface area contributed by atoms with Crippen molar-refractivity contribution in [3.05, 3.63) is 52.6 Å². The van der Waals surface area contributed by atoms with E-state index in [4.69, 9.17) is 19.9 Å². The zero-order chi connectivity index (χ0) is 22.4. The normalized spacial score (nSPS) is 10.3. The number of hydrogen-bond donors (Lipinski definition) is 3. The summed E-state index contributed by atoms with van der Waals surface area (Å²) in [4.78, 5) is 19.2. The molecule has 1 heterocycles. The van der Waals surface area contributed by atoms with Crippen LogP contribution in [0.1, 0.15) is 6.92 Å². The standard InChI is InChI=1S/C20H22N6O5/c1-4-31-13-7-5-12(6-8-13)22-20-24-18(21)17(26(27)28)19(25-20)23-15-11-14(29-2)9-10-16(15)30-3/h5-11H,4H2,1-3H3,(H4,21,22,23,24,25). The maximum absolute atomic E-state index is 11.6. The first kappa shape index (κ1) is 21.4. The zero-order valence-electron chi connectivity index (χ0n) is 17.2. The second-order valence-electron chi connectivity index (χ2n) is 6.16. The lowest BCUT2D eigenvalue weighted by molar-refractivity contribution is -0.383. The molecule has 3 rings (SSSR count). The minimum Gasteiger partial charge on any atom is -0.497 e. The summed E-state index contributed by atoms with van der Waals surface area (Å²) in [6.07, 6.45) is 0. The number of nitro groups is 1. The molecule has 0 aliphatic carbocycles. The molecular formula is C20H22N6O5. The fourth-order valence-corrected chi connectivity index (χ4v) is 2.76. The van der Waals surface area contributed by atoms with E-state index in [1.807, 2.05) is 6.92 Å². The SMILES string of the molecule is CCOc1ccc(Nc2nc(N)c([N+](=O)[O-])c(Nc3cc(OC)ccc3OC)n2)cc1. The molecule has 0 saturated carbocycles. The lowest BCUT2D eigenvalue weighted by Gasteiger charge is -2.14. The second-order valence-corrected chi connectivity index (χ2v) is 6.16. The fraction of sp³-hybridized carbons (Fsp3) is 0.200. The molecule has 162 valence electrons. The van der Waals surface area contributed by atoms with Gasteiger partial charge in [-0.1, -0.05) is 0 Å². The van der Waals surface area contributed by atoms with Gasteiger partial charge in [-0.15, -0.1) is 0 Å². The Morgan fingerprint density at radius 2 is 1.74 bits per heavy atom. The van der Waals surface area contributed by atoms with Crippen LogP contribution in [0.2, 0.25) is 0 Å². The minimum absolute atomic E-state index is 0.0802. The number of methoxy groups -OCH3 is 2. The maximum atomic E-state index is 11.6. The molecule has 11 heteroatoms. The van der Waals surface area contributed by atoms with Gasteiger partial charge >= 0.3 is 5.69 Å². The summed E-state index contributed by atoms with van der Waals surface area (Å²) in [5, 5.41) is 17.5. The first-order valence-electron chi connectivity index (χ1n) is 9.26. The Bertz CT molecular complexity index is 1070. The van der Waals surface area contributed by atoms with Crippen molar-refractivity contribution in [2.45, 2.75) is 6.92 Å². The Labute approximate surface area is 178 Å². The third-order valence-corrected chi connectivity index (χ3v) is 4.17. The Kier molecular flexibility index (Phi) is 6.55. The topological polar surface area (TPSA) is 147 Å². The predicted octanol–water partition coefficient (Wildman–Crippen LogP) is 3.87. The van der Waals surface area contributed by atoms with E-state index in [-0.39, 0.29) is 17.6 Å². The lowest BCUT2D eigenvalue weighted by Crippen LogP contribution is -2.09. The molecule has 0 spiro atoms. The average Bonchev–Trinajstić information content (AvgIpc) is 2.74. The zero-order valence-corrected chi connectivity index (χ0v) is 17.2. The van der Waals surface area contributed by atoms with Crippen molar-refractivity contribution < 1.29 is 19.1 Å². The summed E-state index contributed by atoms with van der Waals surface area (Å²) >= 11 is 0. The van der Waals surface area contributed by atoms with Crippen molar-refractivity contribution in [2.75, 3.05) is 37.2 Å². The van der Waals surface area contributed by atoms with Crippen molar-refractivity contribution in [1.29, 1.82) is 0 Å². The Hall–Kier alpha value is -4.28. The lowest BCUT2D eigenvalue weighted by atomic mass is 10.2. The van der Waals surface area contributed by atoms with E-state index in [1.54, 1.807) is 42.5 Å². The van der Waals surface area contributed by atoms with Gasteiger partial charge in [0, 0.05) is 11.8 Å². The van der Waals surface area contributed by atoms with Crippen LogP contribution in [0.4, 0.5) is 34.6 Å². The summed E-state index contributed by atoms with van der Waals surface area (Å²) < 4.78 is 15.9. The molecule has 0 atom stereocenters. The van der Waals surface area contributed by atoms with Crippen LogP contribution in [0.25, 0.3) is 0 Å². The second kappa shape index (κ2) is 9.48. The van der Waals surface area contributed by atoms with Crippen LogP contribution in [0.5, 0.6) is 17.2 Å². The molecule has 0 radical (unpaired) electrons. The van der Waals surface area contributed by atoms with Gasteiger partial charge in [0.25, 0.3) is 0 Å². The Morgan fingerprint density at radius 1 is 1.03 bits per heavy atom. The van der Waals surface area contributed by atoms with Crippen LogP contribution in [0.3, 0.4) is 0 Å².